The lowest BCUT2D eigenvalue weighted by molar-refractivity contribution is 0.0748. The van der Waals surface area contributed by atoms with E-state index in [1.807, 2.05) is 42.3 Å². The molecule has 1 saturated heterocycles. The first-order valence-electron chi connectivity index (χ1n) is 12.0. The van der Waals surface area contributed by atoms with Crippen LogP contribution in [0.4, 0.5) is 5.82 Å². The highest BCUT2D eigenvalue weighted by atomic mass is 16.2. The van der Waals surface area contributed by atoms with E-state index in [0.717, 1.165) is 53.4 Å². The molecule has 2 aromatic carbocycles. The highest BCUT2D eigenvalue weighted by molar-refractivity contribution is 6.07. The minimum atomic E-state index is 0.101. The van der Waals surface area contributed by atoms with E-state index in [-0.39, 0.29) is 11.8 Å². The summed E-state index contributed by atoms with van der Waals surface area (Å²) in [4.78, 5) is 27.2. The first-order valence-corrected chi connectivity index (χ1v) is 12.0. The molecule has 0 radical (unpaired) electrons. The van der Waals surface area contributed by atoms with Gasteiger partial charge in [0.2, 0.25) is 0 Å². The Bertz CT molecular complexity index is 1300. The van der Waals surface area contributed by atoms with E-state index in [2.05, 4.69) is 64.7 Å². The summed E-state index contributed by atoms with van der Waals surface area (Å²) in [7, 11) is 0. The number of fused-ring (bicyclic) bond motifs is 1. The van der Waals surface area contributed by atoms with Crippen molar-refractivity contribution in [3.05, 3.63) is 89.5 Å². The van der Waals surface area contributed by atoms with Crippen LogP contribution in [0, 0.1) is 6.92 Å². The average Bonchev–Trinajstić information content (AvgIpc) is 3.22. The van der Waals surface area contributed by atoms with Gasteiger partial charge in [-0.1, -0.05) is 62.4 Å². The molecule has 6 nitrogen and oxygen atoms in total. The van der Waals surface area contributed by atoms with Crippen molar-refractivity contribution in [1.82, 2.24) is 19.4 Å². The number of hydrogen-bond acceptors (Lipinski definition) is 4. The molecule has 0 atom stereocenters. The smallest absolute Gasteiger partial charge is 0.256 e. The van der Waals surface area contributed by atoms with Gasteiger partial charge in [0.15, 0.2) is 0 Å². The zero-order valence-electron chi connectivity index (χ0n) is 20.1. The van der Waals surface area contributed by atoms with Gasteiger partial charge in [0.05, 0.1) is 5.56 Å². The van der Waals surface area contributed by atoms with Crippen LogP contribution < -0.4 is 4.90 Å². The van der Waals surface area contributed by atoms with Crippen LogP contribution in [0.15, 0.2) is 66.9 Å². The van der Waals surface area contributed by atoms with Gasteiger partial charge in [-0.25, -0.2) is 9.97 Å². The van der Waals surface area contributed by atoms with Gasteiger partial charge in [-0.15, -0.1) is 0 Å². The summed E-state index contributed by atoms with van der Waals surface area (Å²) in [6.45, 7) is 9.88. The Morgan fingerprint density at radius 1 is 0.941 bits per heavy atom. The first-order chi connectivity index (χ1) is 16.5. The number of amides is 1. The van der Waals surface area contributed by atoms with Crippen LogP contribution in [-0.4, -0.2) is 51.5 Å². The van der Waals surface area contributed by atoms with Gasteiger partial charge in [0.1, 0.15) is 11.6 Å². The summed E-state index contributed by atoms with van der Waals surface area (Å²) in [5.41, 5.74) is 4.07. The Balaban J connectivity index is 1.35. The molecule has 0 aliphatic carbocycles. The minimum Gasteiger partial charge on any atom is -0.353 e. The fourth-order valence-corrected chi connectivity index (χ4v) is 4.63. The molecule has 0 bridgehead atoms. The van der Waals surface area contributed by atoms with Crippen molar-refractivity contribution in [3.8, 4) is 0 Å². The summed E-state index contributed by atoms with van der Waals surface area (Å²) in [5.74, 6) is 2.22. The molecule has 5 rings (SSSR count). The topological polar surface area (TPSA) is 54.3 Å². The quantitative estimate of drug-likeness (QED) is 0.432. The van der Waals surface area contributed by atoms with Gasteiger partial charge in [0, 0.05) is 67.5 Å². The Labute approximate surface area is 200 Å². The Morgan fingerprint density at radius 2 is 1.65 bits per heavy atom. The van der Waals surface area contributed by atoms with E-state index in [1.165, 1.54) is 5.56 Å². The molecule has 34 heavy (non-hydrogen) atoms. The van der Waals surface area contributed by atoms with Crippen LogP contribution in [0.2, 0.25) is 0 Å². The largest absolute Gasteiger partial charge is 0.353 e. The molecule has 4 aromatic rings. The van der Waals surface area contributed by atoms with Crippen LogP contribution in [0.1, 0.15) is 47.2 Å². The van der Waals surface area contributed by atoms with Crippen molar-refractivity contribution in [3.63, 3.8) is 0 Å². The second kappa shape index (κ2) is 9.29. The van der Waals surface area contributed by atoms with Gasteiger partial charge in [-0.3, -0.25) is 4.79 Å². The Hall–Kier alpha value is -3.67. The highest BCUT2D eigenvalue weighted by Gasteiger charge is 2.26. The molecule has 6 heteroatoms. The minimum absolute atomic E-state index is 0.101. The van der Waals surface area contributed by atoms with Crippen LogP contribution in [0.3, 0.4) is 0 Å². The average molecular weight is 454 g/mol. The zero-order valence-corrected chi connectivity index (χ0v) is 20.1. The maximum absolute atomic E-state index is 13.6. The van der Waals surface area contributed by atoms with E-state index >= 15 is 0 Å². The number of aromatic nitrogens is 3. The van der Waals surface area contributed by atoms with Gasteiger partial charge >= 0.3 is 0 Å². The van der Waals surface area contributed by atoms with Crippen LogP contribution in [-0.2, 0) is 6.54 Å². The van der Waals surface area contributed by atoms with Crippen LogP contribution in [0.25, 0.3) is 10.9 Å². The van der Waals surface area contributed by atoms with Gasteiger partial charge in [0.25, 0.3) is 5.91 Å². The molecule has 1 amide bonds. The summed E-state index contributed by atoms with van der Waals surface area (Å²) < 4.78 is 2.19. The molecule has 0 saturated carbocycles. The number of para-hydroxylation sites is 1. The van der Waals surface area contributed by atoms with E-state index in [9.17, 15) is 4.79 Å². The first kappa shape index (κ1) is 22.1. The zero-order chi connectivity index (χ0) is 23.7. The summed E-state index contributed by atoms with van der Waals surface area (Å²) in [5, 5.41) is 1.01. The lowest BCUT2D eigenvalue weighted by Crippen LogP contribution is -2.49. The number of benzene rings is 2. The molecule has 1 fully saturated rings. The third-order valence-electron chi connectivity index (χ3n) is 6.48. The number of anilines is 1. The summed E-state index contributed by atoms with van der Waals surface area (Å²) >= 11 is 0. The van der Waals surface area contributed by atoms with Gasteiger partial charge in [-0.2, -0.15) is 0 Å². The maximum atomic E-state index is 13.6. The number of hydrogen-bond donors (Lipinski definition) is 0. The van der Waals surface area contributed by atoms with E-state index < -0.39 is 0 Å². The van der Waals surface area contributed by atoms with Gasteiger partial charge < -0.3 is 14.4 Å². The number of carbonyl (C=O) groups is 1. The molecule has 2 aromatic heterocycles. The number of piperazine rings is 1. The standard InChI is InChI=1S/C28H31N5O/c1-20(2)27-29-21(3)17-26(30-27)31-13-15-32(16-14-31)28(34)24-19-33(18-22-9-5-4-6-10-22)25-12-8-7-11-23(24)25/h4-12,17,19-20H,13-16,18H2,1-3H3. The molecule has 0 N–H and O–H groups in total. The fraction of sp³-hybridized carbons (Fsp3) is 0.321. The SMILES string of the molecule is Cc1cc(N2CCN(C(=O)c3cn(Cc4ccccc4)c4ccccc34)CC2)nc(C(C)C)n1. The Kier molecular flexibility index (Phi) is 6.05. The van der Waals surface area contributed by atoms with Crippen molar-refractivity contribution in [2.24, 2.45) is 0 Å². The fourth-order valence-electron chi connectivity index (χ4n) is 4.63. The second-order valence-corrected chi connectivity index (χ2v) is 9.33. The number of nitrogens with zero attached hydrogens (tertiary/aromatic N) is 5. The molecule has 1 aliphatic rings. The molecule has 3 heterocycles. The monoisotopic (exact) mass is 453 g/mol. The molecular weight excluding hydrogens is 422 g/mol. The van der Waals surface area contributed by atoms with Crippen molar-refractivity contribution >= 4 is 22.6 Å². The third-order valence-corrected chi connectivity index (χ3v) is 6.48. The molecule has 0 unspecified atom stereocenters. The second-order valence-electron chi connectivity index (χ2n) is 9.33. The van der Waals surface area contributed by atoms with Crippen molar-refractivity contribution in [2.45, 2.75) is 33.2 Å². The van der Waals surface area contributed by atoms with E-state index in [4.69, 9.17) is 4.98 Å². The van der Waals surface area contributed by atoms with Crippen LogP contribution >= 0.6 is 0 Å². The normalized spacial score (nSPS) is 14.2. The number of aryl methyl sites for hydroxylation is 1. The van der Waals surface area contributed by atoms with Crippen molar-refractivity contribution < 1.29 is 4.79 Å². The summed E-state index contributed by atoms with van der Waals surface area (Å²) in [6, 6.07) is 20.6. The third kappa shape index (κ3) is 4.40. The molecule has 0 spiro atoms. The number of carbonyl (C=O) groups excluding carboxylic acids is 1. The number of rotatable bonds is 5. The predicted molar refractivity (Wildman–Crippen MR) is 136 cm³/mol. The van der Waals surface area contributed by atoms with E-state index in [0.29, 0.717) is 13.1 Å². The van der Waals surface area contributed by atoms with Crippen molar-refractivity contribution in [2.75, 3.05) is 31.1 Å². The molecule has 1 aliphatic heterocycles. The van der Waals surface area contributed by atoms with E-state index in [1.54, 1.807) is 0 Å². The molecular formula is C28H31N5O. The van der Waals surface area contributed by atoms with Crippen molar-refractivity contribution in [1.29, 1.82) is 0 Å². The predicted octanol–water partition coefficient (Wildman–Crippen LogP) is 4.87. The molecule has 174 valence electrons. The lowest BCUT2D eigenvalue weighted by atomic mass is 10.1. The summed E-state index contributed by atoms with van der Waals surface area (Å²) in [6.07, 6.45) is 2.02. The maximum Gasteiger partial charge on any atom is 0.256 e. The Morgan fingerprint density at radius 3 is 2.38 bits per heavy atom. The highest BCUT2D eigenvalue weighted by Crippen LogP contribution is 2.25. The van der Waals surface area contributed by atoms with Crippen LogP contribution in [0.5, 0.6) is 0 Å². The lowest BCUT2D eigenvalue weighted by Gasteiger charge is -2.35. The van der Waals surface area contributed by atoms with Gasteiger partial charge in [-0.05, 0) is 18.6 Å².